The van der Waals surface area contributed by atoms with Gasteiger partial charge in [-0.15, -0.1) is 29.1 Å². The van der Waals surface area contributed by atoms with Crippen LogP contribution in [-0.2, 0) is 4.94 Å². The summed E-state index contributed by atoms with van der Waals surface area (Å²) in [4.78, 5) is 27.1. The zero-order chi connectivity index (χ0) is 40.6. The van der Waals surface area contributed by atoms with Crippen molar-refractivity contribution in [1.82, 2.24) is 10.3 Å². The topological polar surface area (TPSA) is 159 Å². The highest BCUT2D eigenvalue weighted by atomic mass is 35.5. The number of hydrogen-bond donors (Lipinski definition) is 3. The molecule has 1 amide bonds. The van der Waals surface area contributed by atoms with Crippen molar-refractivity contribution < 1.29 is 19.2 Å². The van der Waals surface area contributed by atoms with Gasteiger partial charge < -0.3 is 16.0 Å². The lowest BCUT2D eigenvalue weighted by Gasteiger charge is -2.13. The Morgan fingerprint density at radius 3 is 1.86 bits per heavy atom. The van der Waals surface area contributed by atoms with Gasteiger partial charge in [0.2, 0.25) is 0 Å². The smallest absolute Gasteiger partial charge is 0.257 e. The van der Waals surface area contributed by atoms with Gasteiger partial charge in [-0.2, -0.15) is 0 Å². The minimum Gasteiger partial charge on any atom is -0.399 e. The molecule has 0 radical (unpaired) electrons. The molecule has 0 bridgehead atoms. The van der Waals surface area contributed by atoms with Crippen molar-refractivity contribution in [3.8, 4) is 11.1 Å². The van der Waals surface area contributed by atoms with Crippen molar-refractivity contribution in [3.05, 3.63) is 158 Å². The van der Waals surface area contributed by atoms with Crippen molar-refractivity contribution in [1.29, 1.82) is 0 Å². The molecular weight excluding hydrogens is 865 g/mol. The molecule has 10 nitrogen and oxygen atoms in total. The number of carbonyl (C=O) groups is 2. The van der Waals surface area contributed by atoms with E-state index in [-0.39, 0.29) is 11.2 Å². The number of amides is 1. The third kappa shape index (κ3) is 12.7. The third-order valence-corrected chi connectivity index (χ3v) is 8.95. The first-order valence-electron chi connectivity index (χ1n) is 16.0. The van der Waals surface area contributed by atoms with Gasteiger partial charge in [0.05, 0.1) is 42.3 Å². The van der Waals surface area contributed by atoms with E-state index in [2.05, 4.69) is 30.4 Å². The average Bonchev–Trinajstić information content (AvgIpc) is 3.64. The molecule has 6 aromatic rings. The molecule has 0 spiro atoms. The van der Waals surface area contributed by atoms with Gasteiger partial charge in [0, 0.05) is 23.4 Å². The molecule has 0 saturated carbocycles. The van der Waals surface area contributed by atoms with Gasteiger partial charge in [-0.25, -0.2) is 4.63 Å². The normalized spacial score (nSPS) is 12.4. The molecule has 7 rings (SSSR count). The molecule has 0 unspecified atom stereocenters. The summed E-state index contributed by atoms with van der Waals surface area (Å²) in [6, 6.07) is 32.0. The summed E-state index contributed by atoms with van der Waals surface area (Å²) in [5.74, 6) is 4.67. The number of anilines is 2. The van der Waals surface area contributed by atoms with Crippen LogP contribution in [0.2, 0.25) is 15.1 Å². The Morgan fingerprint density at radius 2 is 1.32 bits per heavy atom. The van der Waals surface area contributed by atoms with Crippen molar-refractivity contribution in [2.75, 3.05) is 16.4 Å². The Bertz CT molecular complexity index is 2370. The molecule has 17 heteroatoms. The predicted molar refractivity (Wildman–Crippen MR) is 230 cm³/mol. The monoisotopic (exact) mass is 890 g/mol. The maximum absolute atomic E-state index is 12.3. The van der Waals surface area contributed by atoms with Crippen LogP contribution in [0.4, 0.5) is 11.4 Å². The quantitative estimate of drug-likeness (QED) is 0.0645. The Hall–Kier alpha value is -4.62. The van der Waals surface area contributed by atoms with Crippen LogP contribution >= 0.6 is 81.2 Å². The molecule has 0 aliphatic heterocycles. The number of halogens is 7. The zero-order valence-corrected chi connectivity index (χ0v) is 34.0. The molecule has 0 saturated heterocycles. The summed E-state index contributed by atoms with van der Waals surface area (Å²) < 4.78 is 4.65. The first-order valence-corrected chi connectivity index (χ1v) is 18.9. The standard InChI is InChI=1S/C19H15Cl2N3O2.C12H8ClN3O.C7H4Cl2O.CH2Cl2/c20-17-4-2-1-3-16(17)19(25)23-13-7-5-12(6-8-13)15-10-9-14(24-26-22)11-18(15)21;13-10-6-12-11(15-17-16-12)5-9(10)7-1-3-8(14)4-2-7;8-6-4-2-1-3-5(6)7(9)10;2-1-3/h1-8,10-11H,9,22H2,(H,23,25);1-6H,14H2;1-4H;1H2/b24-14+;;;. The lowest BCUT2D eigenvalue weighted by Crippen LogP contribution is -2.12. The highest BCUT2D eigenvalue weighted by molar-refractivity contribution is 6.68. The molecule has 56 heavy (non-hydrogen) atoms. The molecule has 1 aliphatic carbocycles. The van der Waals surface area contributed by atoms with E-state index in [1.165, 1.54) is 0 Å². The Morgan fingerprint density at radius 1 is 0.768 bits per heavy atom. The number of carbonyl (C=O) groups excluding carboxylic acids is 2. The largest absolute Gasteiger partial charge is 0.399 e. The molecule has 1 aromatic heterocycles. The number of nitrogen functional groups attached to an aromatic ring is 1. The van der Waals surface area contributed by atoms with Crippen molar-refractivity contribution in [3.63, 3.8) is 0 Å². The molecule has 0 fully saturated rings. The number of fused-ring (bicyclic) bond motifs is 1. The summed E-state index contributed by atoms with van der Waals surface area (Å²) in [6.45, 7) is 0. The predicted octanol–water partition coefficient (Wildman–Crippen LogP) is 12.0. The Labute approximate surface area is 356 Å². The van der Waals surface area contributed by atoms with E-state index in [0.29, 0.717) is 65.8 Å². The SMILES string of the molecule is ClCCl.NO/N=C1/C=C(Cl)C(c2ccc(NC(=O)c3ccccc3Cl)cc2)=CC1.Nc1ccc(-c2cc3nonc3cc2Cl)cc1.O=C(Cl)c1ccccc1Cl. The summed E-state index contributed by atoms with van der Waals surface area (Å²) in [5, 5.41) is 15.7. The number of hydrogen-bond acceptors (Lipinski definition) is 9. The van der Waals surface area contributed by atoms with E-state index in [4.69, 9.17) is 92.8 Å². The zero-order valence-electron chi connectivity index (χ0n) is 28.7. The van der Waals surface area contributed by atoms with Gasteiger partial charge in [-0.05, 0) is 105 Å². The number of aromatic nitrogens is 2. The summed E-state index contributed by atoms with van der Waals surface area (Å²) in [7, 11) is 0. The molecule has 0 atom stereocenters. The van der Waals surface area contributed by atoms with E-state index in [1.54, 1.807) is 60.7 Å². The van der Waals surface area contributed by atoms with E-state index in [0.717, 1.165) is 22.3 Å². The highest BCUT2D eigenvalue weighted by Crippen LogP contribution is 2.32. The number of alkyl halides is 2. The second-order valence-electron chi connectivity index (χ2n) is 11.1. The van der Waals surface area contributed by atoms with Gasteiger partial charge in [-0.3, -0.25) is 9.59 Å². The number of allylic oxidation sites excluding steroid dienone is 4. The number of nitrogens with one attached hydrogen (secondary N) is 1. The number of nitrogens with two attached hydrogens (primary N) is 2. The second-order valence-corrected chi connectivity index (χ2v) is 13.9. The van der Waals surface area contributed by atoms with Crippen LogP contribution in [0.15, 0.2) is 136 Å². The number of rotatable bonds is 6. The minimum absolute atomic E-state index is 0.194. The first kappa shape index (κ1) is 44.1. The maximum atomic E-state index is 12.3. The van der Waals surface area contributed by atoms with Crippen LogP contribution < -0.4 is 16.9 Å². The van der Waals surface area contributed by atoms with Gasteiger partial charge in [0.1, 0.15) is 11.0 Å². The Kier molecular flexibility index (Phi) is 17.5. The van der Waals surface area contributed by atoms with Crippen molar-refractivity contribution in [2.24, 2.45) is 11.1 Å². The summed E-state index contributed by atoms with van der Waals surface area (Å²) >= 11 is 38.9. The van der Waals surface area contributed by atoms with Gasteiger partial charge in [0.25, 0.3) is 11.1 Å². The van der Waals surface area contributed by atoms with Crippen LogP contribution in [0.25, 0.3) is 27.7 Å². The number of oxime groups is 1. The second kappa shape index (κ2) is 22.2. The average molecular weight is 894 g/mol. The lowest BCUT2D eigenvalue weighted by atomic mass is 9.98. The fraction of sp³-hybridized carbons (Fsp3) is 0.0513. The molecule has 288 valence electrons. The summed E-state index contributed by atoms with van der Waals surface area (Å²) in [6.07, 6.45) is 4.21. The Balaban J connectivity index is 0.000000198. The fourth-order valence-corrected chi connectivity index (χ4v) is 6.10. The summed E-state index contributed by atoms with van der Waals surface area (Å²) in [5.41, 5.74) is 13.4. The maximum Gasteiger partial charge on any atom is 0.257 e. The van der Waals surface area contributed by atoms with Gasteiger partial charge in [-0.1, -0.05) is 106 Å². The first-order chi connectivity index (χ1) is 26.9. The lowest BCUT2D eigenvalue weighted by molar-refractivity contribution is 0.102. The van der Waals surface area contributed by atoms with E-state index in [9.17, 15) is 9.59 Å². The number of benzene rings is 5. The molecule has 1 aliphatic rings. The third-order valence-electron chi connectivity index (χ3n) is 7.46. The molecule has 5 N–H and O–H groups in total. The molecule has 5 aromatic carbocycles. The van der Waals surface area contributed by atoms with Crippen molar-refractivity contribution >= 4 is 126 Å². The van der Waals surface area contributed by atoms with Crippen LogP contribution in [0.5, 0.6) is 0 Å². The number of nitrogens with zero attached hydrogens (tertiary/aromatic N) is 3. The van der Waals surface area contributed by atoms with Gasteiger partial charge >= 0.3 is 0 Å². The molecule has 1 heterocycles. The highest BCUT2D eigenvalue weighted by Gasteiger charge is 2.14. The van der Waals surface area contributed by atoms with E-state index in [1.807, 2.05) is 60.7 Å². The van der Waals surface area contributed by atoms with Crippen LogP contribution in [0.1, 0.15) is 32.7 Å². The van der Waals surface area contributed by atoms with Crippen LogP contribution in [0, 0.1) is 0 Å². The van der Waals surface area contributed by atoms with E-state index < -0.39 is 5.24 Å². The molecular formula is C39H29Cl7N6O4. The van der Waals surface area contributed by atoms with Crippen molar-refractivity contribution in [2.45, 2.75) is 6.42 Å². The van der Waals surface area contributed by atoms with Crippen LogP contribution in [-0.4, -0.2) is 32.5 Å². The van der Waals surface area contributed by atoms with Crippen LogP contribution in [0.3, 0.4) is 0 Å². The van der Waals surface area contributed by atoms with Gasteiger partial charge in [0.15, 0.2) is 0 Å². The van der Waals surface area contributed by atoms with E-state index >= 15 is 0 Å². The minimum atomic E-state index is -0.523. The fourth-order valence-electron chi connectivity index (χ4n) is 4.86.